The number of ether oxygens (including phenoxy) is 1. The lowest BCUT2D eigenvalue weighted by Gasteiger charge is -2.25. The Morgan fingerprint density at radius 1 is 1.24 bits per heavy atom. The molecule has 0 unspecified atom stereocenters. The van der Waals surface area contributed by atoms with E-state index in [9.17, 15) is 17.2 Å². The molecule has 29 heavy (non-hydrogen) atoms. The van der Waals surface area contributed by atoms with Gasteiger partial charge in [-0.25, -0.2) is 8.78 Å². The Morgan fingerprint density at radius 3 is 2.69 bits per heavy atom. The molecule has 0 radical (unpaired) electrons. The van der Waals surface area contributed by atoms with Gasteiger partial charge in [-0.3, -0.25) is 5.10 Å². The lowest BCUT2D eigenvalue weighted by atomic mass is 10.0. The molecule has 1 saturated heterocycles. The summed E-state index contributed by atoms with van der Waals surface area (Å²) in [6.45, 7) is 5.72. The Hall–Kier alpha value is -2.04. The summed E-state index contributed by atoms with van der Waals surface area (Å²) < 4.78 is 59.9. The highest BCUT2D eigenvalue weighted by Crippen LogP contribution is 2.29. The first-order valence-corrected chi connectivity index (χ1v) is 11.1. The van der Waals surface area contributed by atoms with Crippen LogP contribution in [0.25, 0.3) is 0 Å². The summed E-state index contributed by atoms with van der Waals surface area (Å²) in [7, 11) is -3.44. The lowest BCUT2D eigenvalue weighted by molar-refractivity contribution is 0.317. The monoisotopic (exact) mass is 428 g/mol. The molecule has 10 heteroatoms. The molecular formula is C19H26F2N4O3S. The summed E-state index contributed by atoms with van der Waals surface area (Å²) >= 11 is 0. The van der Waals surface area contributed by atoms with E-state index < -0.39 is 21.8 Å². The number of rotatable bonds is 9. The van der Waals surface area contributed by atoms with Crippen molar-refractivity contribution in [3.05, 3.63) is 47.3 Å². The van der Waals surface area contributed by atoms with Gasteiger partial charge in [-0.2, -0.15) is 22.1 Å². The first-order chi connectivity index (χ1) is 13.8. The minimum absolute atomic E-state index is 0.0393. The van der Waals surface area contributed by atoms with Crippen molar-refractivity contribution in [3.8, 4) is 5.75 Å². The van der Waals surface area contributed by atoms with Crippen LogP contribution < -0.4 is 4.74 Å². The fourth-order valence-electron chi connectivity index (χ4n) is 3.45. The summed E-state index contributed by atoms with van der Waals surface area (Å²) in [6, 6.07) is 5.32. The highest BCUT2D eigenvalue weighted by Gasteiger charge is 2.35. The molecule has 1 atom stereocenters. The predicted octanol–water partition coefficient (Wildman–Crippen LogP) is 2.69. The van der Waals surface area contributed by atoms with Gasteiger partial charge in [-0.1, -0.05) is 13.8 Å². The van der Waals surface area contributed by atoms with E-state index in [4.69, 9.17) is 4.74 Å². The standard InChI is InChI=1S/C19H26F2N4O3S/c1-3-24(4-2)29(26,27)25-9-7-14(13-25)19-11-15(22-23-19)8-10-28-16-5-6-17(20)18(21)12-16/h5-6,11-12,14H,3-4,7-10,13H2,1-2H3,(H,22,23)/t14-/m1/s1. The van der Waals surface area contributed by atoms with Gasteiger partial charge < -0.3 is 4.74 Å². The lowest BCUT2D eigenvalue weighted by Crippen LogP contribution is -2.42. The van der Waals surface area contributed by atoms with E-state index in [1.165, 1.54) is 14.7 Å². The zero-order valence-corrected chi connectivity index (χ0v) is 17.4. The molecule has 2 heterocycles. The van der Waals surface area contributed by atoms with Crippen LogP contribution in [0.3, 0.4) is 0 Å². The average molecular weight is 429 g/mol. The molecule has 1 aliphatic rings. The number of halogens is 2. The molecule has 1 fully saturated rings. The van der Waals surface area contributed by atoms with Crippen molar-refractivity contribution in [2.24, 2.45) is 0 Å². The molecule has 0 aliphatic carbocycles. The zero-order valence-electron chi connectivity index (χ0n) is 16.6. The second kappa shape index (κ2) is 9.19. The molecule has 1 aromatic heterocycles. The Kier molecular flexibility index (Phi) is 6.86. The average Bonchev–Trinajstić information content (AvgIpc) is 3.35. The third-order valence-electron chi connectivity index (χ3n) is 5.11. The van der Waals surface area contributed by atoms with Crippen molar-refractivity contribution in [1.82, 2.24) is 18.8 Å². The Bertz CT molecular complexity index is 931. The first kappa shape index (κ1) is 21.7. The number of aromatic nitrogens is 2. The molecule has 2 aromatic rings. The van der Waals surface area contributed by atoms with Gasteiger partial charge in [0.2, 0.25) is 0 Å². The van der Waals surface area contributed by atoms with Crippen molar-refractivity contribution >= 4 is 10.2 Å². The summed E-state index contributed by atoms with van der Waals surface area (Å²) in [5, 5.41) is 7.27. The molecule has 1 aliphatic heterocycles. The van der Waals surface area contributed by atoms with E-state index in [1.807, 2.05) is 19.9 Å². The molecule has 1 aromatic carbocycles. The molecule has 3 rings (SSSR count). The van der Waals surface area contributed by atoms with Crippen LogP contribution in [-0.4, -0.2) is 60.0 Å². The number of H-pyrrole nitrogens is 1. The smallest absolute Gasteiger partial charge is 0.281 e. The second-order valence-electron chi connectivity index (χ2n) is 6.93. The maximum absolute atomic E-state index is 13.2. The number of aromatic amines is 1. The normalized spacial score (nSPS) is 17.9. The molecular weight excluding hydrogens is 402 g/mol. The van der Waals surface area contributed by atoms with Crippen LogP contribution in [0.5, 0.6) is 5.75 Å². The van der Waals surface area contributed by atoms with E-state index in [0.717, 1.165) is 29.9 Å². The quantitative estimate of drug-likeness (QED) is 0.666. The third-order valence-corrected chi connectivity index (χ3v) is 7.26. The Balaban J connectivity index is 1.54. The molecule has 0 bridgehead atoms. The summed E-state index contributed by atoms with van der Waals surface area (Å²) in [5.41, 5.74) is 1.66. The highest BCUT2D eigenvalue weighted by atomic mass is 32.2. The van der Waals surface area contributed by atoms with Crippen molar-refractivity contribution in [2.75, 3.05) is 32.8 Å². The van der Waals surface area contributed by atoms with Gasteiger partial charge >= 0.3 is 0 Å². The topological polar surface area (TPSA) is 78.5 Å². The van der Waals surface area contributed by atoms with Gasteiger partial charge in [0.25, 0.3) is 10.2 Å². The number of hydrogen-bond donors (Lipinski definition) is 1. The maximum Gasteiger partial charge on any atom is 0.281 e. The van der Waals surface area contributed by atoms with E-state index in [0.29, 0.717) is 32.6 Å². The Morgan fingerprint density at radius 2 is 2.00 bits per heavy atom. The van der Waals surface area contributed by atoms with Crippen LogP contribution in [0.15, 0.2) is 24.3 Å². The van der Waals surface area contributed by atoms with Crippen LogP contribution in [-0.2, 0) is 16.6 Å². The van der Waals surface area contributed by atoms with E-state index in [2.05, 4.69) is 10.2 Å². The van der Waals surface area contributed by atoms with Gasteiger partial charge in [0, 0.05) is 50.3 Å². The van der Waals surface area contributed by atoms with Crippen LogP contribution in [0.1, 0.15) is 37.6 Å². The number of nitrogens with zero attached hydrogens (tertiary/aromatic N) is 3. The van der Waals surface area contributed by atoms with Crippen LogP contribution >= 0.6 is 0 Å². The fourth-order valence-corrected chi connectivity index (χ4v) is 5.14. The summed E-state index contributed by atoms with van der Waals surface area (Å²) in [4.78, 5) is 0. The molecule has 1 N–H and O–H groups in total. The van der Waals surface area contributed by atoms with Crippen molar-refractivity contribution in [3.63, 3.8) is 0 Å². The van der Waals surface area contributed by atoms with Gasteiger partial charge in [0.1, 0.15) is 5.75 Å². The molecule has 160 valence electrons. The Labute approximate surface area is 169 Å². The summed E-state index contributed by atoms with van der Waals surface area (Å²) in [6.07, 6.45) is 1.23. The fraction of sp³-hybridized carbons (Fsp3) is 0.526. The van der Waals surface area contributed by atoms with Gasteiger partial charge in [-0.05, 0) is 24.6 Å². The minimum atomic E-state index is -3.44. The second-order valence-corrected chi connectivity index (χ2v) is 8.86. The number of benzene rings is 1. The third kappa shape index (κ3) is 4.93. The van der Waals surface area contributed by atoms with E-state index in [1.54, 1.807) is 0 Å². The van der Waals surface area contributed by atoms with E-state index in [-0.39, 0.29) is 18.3 Å². The number of nitrogens with one attached hydrogen (secondary N) is 1. The SMILES string of the molecule is CCN(CC)S(=O)(=O)N1CC[C@@H](c2cc(CCOc3ccc(F)c(F)c3)[nH]n2)C1. The first-order valence-electron chi connectivity index (χ1n) is 9.72. The van der Waals surface area contributed by atoms with Crippen molar-refractivity contribution in [2.45, 2.75) is 32.6 Å². The predicted molar refractivity (Wildman–Crippen MR) is 105 cm³/mol. The largest absolute Gasteiger partial charge is 0.493 e. The zero-order chi connectivity index (χ0) is 21.0. The summed E-state index contributed by atoms with van der Waals surface area (Å²) in [5.74, 6) is -1.56. The molecule has 0 amide bonds. The van der Waals surface area contributed by atoms with Crippen LogP contribution in [0.2, 0.25) is 0 Å². The van der Waals surface area contributed by atoms with E-state index >= 15 is 0 Å². The molecule has 7 nitrogen and oxygen atoms in total. The maximum atomic E-state index is 13.2. The van der Waals surface area contributed by atoms with Gasteiger partial charge in [0.15, 0.2) is 11.6 Å². The van der Waals surface area contributed by atoms with Crippen LogP contribution in [0, 0.1) is 11.6 Å². The van der Waals surface area contributed by atoms with Crippen molar-refractivity contribution < 1.29 is 21.9 Å². The minimum Gasteiger partial charge on any atom is -0.493 e. The van der Waals surface area contributed by atoms with Crippen LogP contribution in [0.4, 0.5) is 8.78 Å². The molecule has 0 spiro atoms. The van der Waals surface area contributed by atoms with Crippen molar-refractivity contribution in [1.29, 1.82) is 0 Å². The highest BCUT2D eigenvalue weighted by molar-refractivity contribution is 7.86. The van der Waals surface area contributed by atoms with Gasteiger partial charge in [-0.15, -0.1) is 0 Å². The number of hydrogen-bond acceptors (Lipinski definition) is 4. The van der Waals surface area contributed by atoms with Gasteiger partial charge in [0.05, 0.1) is 12.3 Å². The molecule has 0 saturated carbocycles.